The molecule has 20 heavy (non-hydrogen) atoms. The molecule has 0 atom stereocenters. The Labute approximate surface area is 119 Å². The Morgan fingerprint density at radius 2 is 1.80 bits per heavy atom. The van der Waals surface area contributed by atoms with Gasteiger partial charge < -0.3 is 10.7 Å². The summed E-state index contributed by atoms with van der Waals surface area (Å²) in [6.07, 6.45) is 0.896. The van der Waals surface area contributed by atoms with E-state index in [-0.39, 0.29) is 0 Å². The van der Waals surface area contributed by atoms with Crippen LogP contribution < -0.4 is 5.73 Å². The fourth-order valence-electron chi connectivity index (χ4n) is 2.96. The molecule has 2 nitrogen and oxygen atoms in total. The Hall–Kier alpha value is -2.06. The maximum atomic E-state index is 5.82. The number of rotatable bonds is 3. The van der Waals surface area contributed by atoms with Gasteiger partial charge in [0.05, 0.1) is 0 Å². The molecule has 3 rings (SSSR count). The van der Waals surface area contributed by atoms with E-state index in [9.17, 15) is 0 Å². The average molecular weight is 264 g/mol. The van der Waals surface area contributed by atoms with E-state index in [0.717, 1.165) is 6.42 Å². The Balaban J connectivity index is 2.32. The molecule has 0 saturated heterocycles. The normalized spacial score (nSPS) is 11.2. The van der Waals surface area contributed by atoms with Gasteiger partial charge >= 0.3 is 0 Å². The molecule has 2 heteroatoms. The molecule has 3 N–H and O–H groups in total. The van der Waals surface area contributed by atoms with Crippen LogP contribution in [-0.4, -0.2) is 11.5 Å². The smallest absolute Gasteiger partial charge is 0.0497 e. The molecule has 3 aromatic rings. The van der Waals surface area contributed by atoms with Gasteiger partial charge in [-0.3, -0.25) is 0 Å². The third-order valence-corrected chi connectivity index (χ3v) is 3.81. The van der Waals surface area contributed by atoms with Crippen molar-refractivity contribution in [2.75, 3.05) is 6.54 Å². The van der Waals surface area contributed by atoms with Gasteiger partial charge in [-0.1, -0.05) is 42.0 Å². The number of aromatic nitrogens is 1. The first kappa shape index (κ1) is 12.9. The predicted octanol–water partition coefficient (Wildman–Crippen LogP) is 3.95. The van der Waals surface area contributed by atoms with Crippen molar-refractivity contribution in [1.29, 1.82) is 0 Å². The third kappa shape index (κ3) is 2.12. The highest BCUT2D eigenvalue weighted by Gasteiger charge is 2.14. The molecule has 0 spiro atoms. The lowest BCUT2D eigenvalue weighted by Crippen LogP contribution is -2.03. The molecule has 0 aliphatic rings. The Kier molecular flexibility index (Phi) is 3.33. The number of nitrogens with one attached hydrogen (secondary N) is 1. The molecule has 1 heterocycles. The fourth-order valence-corrected chi connectivity index (χ4v) is 2.96. The van der Waals surface area contributed by atoms with Crippen LogP contribution in [0.1, 0.15) is 16.7 Å². The predicted molar refractivity (Wildman–Crippen MR) is 86.0 cm³/mol. The zero-order valence-electron chi connectivity index (χ0n) is 12.0. The van der Waals surface area contributed by atoms with E-state index in [2.05, 4.69) is 55.2 Å². The lowest BCUT2D eigenvalue weighted by Gasteiger charge is -2.04. The number of benzene rings is 2. The van der Waals surface area contributed by atoms with Crippen LogP contribution in [0.25, 0.3) is 22.2 Å². The minimum Gasteiger partial charge on any atom is -0.354 e. The van der Waals surface area contributed by atoms with Crippen LogP contribution in [-0.2, 0) is 6.42 Å². The van der Waals surface area contributed by atoms with E-state index >= 15 is 0 Å². The monoisotopic (exact) mass is 264 g/mol. The number of aromatic amines is 1. The van der Waals surface area contributed by atoms with Crippen molar-refractivity contribution in [3.05, 3.63) is 59.2 Å². The summed E-state index contributed by atoms with van der Waals surface area (Å²) in [5.74, 6) is 0. The van der Waals surface area contributed by atoms with Crippen LogP contribution >= 0.6 is 0 Å². The van der Waals surface area contributed by atoms with Crippen molar-refractivity contribution in [3.63, 3.8) is 0 Å². The molecule has 1 aromatic heterocycles. The molecule has 0 amide bonds. The number of hydrogen-bond donors (Lipinski definition) is 2. The summed E-state index contributed by atoms with van der Waals surface area (Å²) < 4.78 is 0. The van der Waals surface area contributed by atoms with Gasteiger partial charge in [-0.25, -0.2) is 0 Å². The number of aryl methyl sites for hydroxylation is 2. The van der Waals surface area contributed by atoms with Crippen LogP contribution in [0.3, 0.4) is 0 Å². The van der Waals surface area contributed by atoms with Gasteiger partial charge in [0, 0.05) is 16.6 Å². The SMILES string of the molecule is Cc1cc(C)c2[nH]c(-c3ccccc3)c(CCN)c2c1. The van der Waals surface area contributed by atoms with Crippen LogP contribution in [0, 0.1) is 13.8 Å². The molecule has 0 saturated carbocycles. The first-order chi connectivity index (χ1) is 9.70. The molecule has 0 aliphatic carbocycles. The minimum atomic E-state index is 0.666. The lowest BCUT2D eigenvalue weighted by atomic mass is 10.0. The second kappa shape index (κ2) is 5.14. The van der Waals surface area contributed by atoms with Crippen molar-refractivity contribution >= 4 is 10.9 Å². The highest BCUT2D eigenvalue weighted by atomic mass is 14.7. The summed E-state index contributed by atoms with van der Waals surface area (Å²) in [4.78, 5) is 3.61. The molecule has 0 bridgehead atoms. The number of H-pyrrole nitrogens is 1. The summed E-state index contributed by atoms with van der Waals surface area (Å²) in [6, 6.07) is 15.0. The van der Waals surface area contributed by atoms with Crippen LogP contribution in [0.2, 0.25) is 0 Å². The number of nitrogens with two attached hydrogens (primary N) is 1. The lowest BCUT2D eigenvalue weighted by molar-refractivity contribution is 0.978. The second-order valence-corrected chi connectivity index (χ2v) is 5.39. The van der Waals surface area contributed by atoms with Gasteiger partial charge in [0.1, 0.15) is 0 Å². The van der Waals surface area contributed by atoms with E-state index in [4.69, 9.17) is 5.73 Å². The van der Waals surface area contributed by atoms with E-state index < -0.39 is 0 Å². The molecule has 102 valence electrons. The second-order valence-electron chi connectivity index (χ2n) is 5.39. The standard InChI is InChI=1S/C18H20N2/c1-12-10-13(2)17-16(11-12)15(8-9-19)18(20-17)14-6-4-3-5-7-14/h3-7,10-11,20H,8-9,19H2,1-2H3. The van der Waals surface area contributed by atoms with Gasteiger partial charge in [-0.2, -0.15) is 0 Å². The van der Waals surface area contributed by atoms with Gasteiger partial charge in [0.2, 0.25) is 0 Å². The van der Waals surface area contributed by atoms with E-state index in [1.54, 1.807) is 0 Å². The van der Waals surface area contributed by atoms with Crippen molar-refractivity contribution in [2.45, 2.75) is 20.3 Å². The summed E-state index contributed by atoms with van der Waals surface area (Å²) in [5, 5.41) is 1.31. The van der Waals surface area contributed by atoms with E-state index in [0.29, 0.717) is 6.54 Å². The van der Waals surface area contributed by atoms with E-state index in [1.807, 2.05) is 6.07 Å². The molecule has 2 aromatic carbocycles. The third-order valence-electron chi connectivity index (χ3n) is 3.81. The van der Waals surface area contributed by atoms with Crippen molar-refractivity contribution in [1.82, 2.24) is 4.98 Å². The summed E-state index contributed by atoms with van der Waals surface area (Å²) in [6.45, 7) is 4.97. The maximum Gasteiger partial charge on any atom is 0.0497 e. The number of hydrogen-bond acceptors (Lipinski definition) is 1. The molecule has 0 fully saturated rings. The van der Waals surface area contributed by atoms with Gasteiger partial charge in [-0.05, 0) is 49.6 Å². The summed E-state index contributed by atoms with van der Waals surface area (Å²) in [7, 11) is 0. The number of fused-ring (bicyclic) bond motifs is 1. The van der Waals surface area contributed by atoms with Crippen molar-refractivity contribution in [2.24, 2.45) is 5.73 Å². The largest absolute Gasteiger partial charge is 0.354 e. The fraction of sp³-hybridized carbons (Fsp3) is 0.222. The first-order valence-electron chi connectivity index (χ1n) is 7.08. The average Bonchev–Trinajstić information content (AvgIpc) is 2.80. The highest BCUT2D eigenvalue weighted by Crippen LogP contribution is 2.32. The first-order valence-corrected chi connectivity index (χ1v) is 7.08. The maximum absolute atomic E-state index is 5.82. The zero-order chi connectivity index (χ0) is 14.1. The topological polar surface area (TPSA) is 41.8 Å². The van der Waals surface area contributed by atoms with Gasteiger partial charge in [-0.15, -0.1) is 0 Å². The highest BCUT2D eigenvalue weighted by molar-refractivity contribution is 5.93. The van der Waals surface area contributed by atoms with Gasteiger partial charge in [0.25, 0.3) is 0 Å². The summed E-state index contributed by atoms with van der Waals surface area (Å²) in [5.41, 5.74) is 13.4. The quantitative estimate of drug-likeness (QED) is 0.739. The molecular formula is C18H20N2. The van der Waals surface area contributed by atoms with Crippen LogP contribution in [0.4, 0.5) is 0 Å². The molecule has 0 aliphatic heterocycles. The Morgan fingerprint density at radius 3 is 2.50 bits per heavy atom. The van der Waals surface area contributed by atoms with Crippen LogP contribution in [0.15, 0.2) is 42.5 Å². The Morgan fingerprint density at radius 1 is 1.05 bits per heavy atom. The van der Waals surface area contributed by atoms with Gasteiger partial charge in [0.15, 0.2) is 0 Å². The van der Waals surface area contributed by atoms with Crippen molar-refractivity contribution in [3.8, 4) is 11.3 Å². The molecule has 0 radical (unpaired) electrons. The minimum absolute atomic E-state index is 0.666. The molecular weight excluding hydrogens is 244 g/mol. The van der Waals surface area contributed by atoms with E-state index in [1.165, 1.54) is 38.9 Å². The van der Waals surface area contributed by atoms with Crippen LogP contribution in [0.5, 0.6) is 0 Å². The molecule has 0 unspecified atom stereocenters. The summed E-state index contributed by atoms with van der Waals surface area (Å²) >= 11 is 0. The Bertz CT molecular complexity index is 739. The zero-order valence-corrected chi connectivity index (χ0v) is 12.0. The van der Waals surface area contributed by atoms with Crippen molar-refractivity contribution < 1.29 is 0 Å².